The second kappa shape index (κ2) is 9.83. The maximum absolute atomic E-state index is 12.6. The zero-order chi connectivity index (χ0) is 20.7. The van der Waals surface area contributed by atoms with Gasteiger partial charge in [-0.3, -0.25) is 19.2 Å². The number of likely N-dealkylation sites (tertiary alicyclic amines) is 1. The summed E-state index contributed by atoms with van der Waals surface area (Å²) in [6, 6.07) is -4.82. The van der Waals surface area contributed by atoms with E-state index in [0.717, 1.165) is 4.90 Å². The van der Waals surface area contributed by atoms with Gasteiger partial charge >= 0.3 is 5.97 Å². The van der Waals surface area contributed by atoms with Crippen LogP contribution in [0.1, 0.15) is 26.2 Å². The summed E-state index contributed by atoms with van der Waals surface area (Å²) in [5.41, 5.74) is 10.5. The molecule has 27 heavy (non-hydrogen) atoms. The van der Waals surface area contributed by atoms with Crippen molar-refractivity contribution in [2.24, 2.45) is 11.5 Å². The molecule has 0 aromatic rings. The Morgan fingerprint density at radius 2 is 1.74 bits per heavy atom. The Morgan fingerprint density at radius 1 is 1.15 bits per heavy atom. The molecule has 8 N–H and O–H groups in total. The summed E-state index contributed by atoms with van der Waals surface area (Å²) in [7, 11) is 0. The third-order valence-corrected chi connectivity index (χ3v) is 4.07. The van der Waals surface area contributed by atoms with Crippen molar-refractivity contribution in [1.29, 1.82) is 0 Å². The van der Waals surface area contributed by atoms with Gasteiger partial charge in [0.15, 0.2) is 0 Å². The van der Waals surface area contributed by atoms with E-state index in [9.17, 15) is 34.2 Å². The number of carbonyl (C=O) groups excluding carboxylic acids is 4. The molecule has 1 saturated heterocycles. The zero-order valence-electron chi connectivity index (χ0n) is 14.9. The lowest BCUT2D eigenvalue weighted by Gasteiger charge is -2.28. The van der Waals surface area contributed by atoms with Crippen LogP contribution < -0.4 is 22.1 Å². The molecule has 1 aliphatic heterocycles. The first kappa shape index (κ1) is 22.3. The number of amides is 4. The number of primary amides is 1. The molecule has 0 aliphatic carbocycles. The Hall–Kier alpha value is -2.73. The van der Waals surface area contributed by atoms with Gasteiger partial charge in [-0.2, -0.15) is 0 Å². The van der Waals surface area contributed by atoms with Gasteiger partial charge < -0.3 is 37.2 Å². The molecule has 12 nitrogen and oxygen atoms in total. The molecule has 4 unspecified atom stereocenters. The number of aliphatic hydroxyl groups excluding tert-OH is 1. The minimum absolute atomic E-state index is 0.159. The van der Waals surface area contributed by atoms with Crippen molar-refractivity contribution in [3.8, 4) is 0 Å². The number of carbonyl (C=O) groups is 5. The molecule has 0 bridgehead atoms. The lowest BCUT2D eigenvalue weighted by molar-refractivity contribution is -0.149. The number of nitrogens with two attached hydrogens (primary N) is 2. The monoisotopic (exact) mass is 387 g/mol. The lowest BCUT2D eigenvalue weighted by atomic mass is 10.1. The highest BCUT2D eigenvalue weighted by Crippen LogP contribution is 2.19. The van der Waals surface area contributed by atoms with Crippen LogP contribution in [0.25, 0.3) is 0 Å². The number of hydrogen-bond donors (Lipinski definition) is 6. The van der Waals surface area contributed by atoms with Crippen molar-refractivity contribution in [1.82, 2.24) is 15.5 Å². The number of hydrogen-bond acceptors (Lipinski definition) is 7. The van der Waals surface area contributed by atoms with Gasteiger partial charge in [-0.15, -0.1) is 0 Å². The topological polar surface area (TPSA) is 205 Å². The first-order valence-corrected chi connectivity index (χ1v) is 8.37. The van der Waals surface area contributed by atoms with E-state index in [0.29, 0.717) is 6.42 Å². The third-order valence-electron chi connectivity index (χ3n) is 4.07. The van der Waals surface area contributed by atoms with Crippen LogP contribution in [0.2, 0.25) is 0 Å². The lowest BCUT2D eigenvalue weighted by Crippen LogP contribution is -2.58. The number of nitrogens with one attached hydrogen (secondary N) is 2. The van der Waals surface area contributed by atoms with Crippen molar-refractivity contribution in [3.05, 3.63) is 0 Å². The Balaban J connectivity index is 2.91. The Bertz CT molecular complexity index is 609. The smallest absolute Gasteiger partial charge is 0.326 e. The molecule has 0 saturated carbocycles. The molecule has 0 aromatic heterocycles. The highest BCUT2D eigenvalue weighted by molar-refractivity contribution is 5.96. The van der Waals surface area contributed by atoms with Crippen LogP contribution in [0.5, 0.6) is 0 Å². The van der Waals surface area contributed by atoms with Crippen LogP contribution in [0.3, 0.4) is 0 Å². The molecular formula is C15H25N5O7. The third kappa shape index (κ3) is 6.18. The summed E-state index contributed by atoms with van der Waals surface area (Å²) in [6.07, 6.45) is 0.151. The number of carboxylic acid groups (broad SMARTS) is 1. The molecular weight excluding hydrogens is 362 g/mol. The Kier molecular flexibility index (Phi) is 8.12. The van der Waals surface area contributed by atoms with Gasteiger partial charge in [0.2, 0.25) is 23.6 Å². The fourth-order valence-electron chi connectivity index (χ4n) is 2.66. The molecule has 1 fully saturated rings. The van der Waals surface area contributed by atoms with Crippen LogP contribution in [-0.2, 0) is 24.0 Å². The largest absolute Gasteiger partial charge is 0.480 e. The van der Waals surface area contributed by atoms with Crippen LogP contribution >= 0.6 is 0 Å². The SMILES string of the molecule is CC(N)C(=O)NC(CO)C(=O)NC(CC(N)=O)C(=O)N1CCCC1C(=O)O. The fourth-order valence-corrected chi connectivity index (χ4v) is 2.66. The van der Waals surface area contributed by atoms with Gasteiger partial charge in [0, 0.05) is 6.54 Å². The molecule has 0 spiro atoms. The molecule has 12 heteroatoms. The number of carboxylic acids is 1. The molecule has 1 rings (SSSR count). The second-order valence-corrected chi connectivity index (χ2v) is 6.29. The van der Waals surface area contributed by atoms with E-state index >= 15 is 0 Å². The molecule has 0 aromatic carbocycles. The molecule has 0 radical (unpaired) electrons. The molecule has 4 atom stereocenters. The number of aliphatic hydroxyl groups is 1. The number of rotatable bonds is 9. The van der Waals surface area contributed by atoms with Gasteiger partial charge in [-0.05, 0) is 19.8 Å². The normalized spacial score (nSPS) is 19.7. The quantitative estimate of drug-likeness (QED) is 0.231. The molecule has 4 amide bonds. The fraction of sp³-hybridized carbons (Fsp3) is 0.667. The molecule has 1 heterocycles. The Labute approximate surface area is 155 Å². The van der Waals surface area contributed by atoms with Crippen molar-refractivity contribution in [2.45, 2.75) is 50.4 Å². The minimum atomic E-state index is -1.42. The van der Waals surface area contributed by atoms with Crippen molar-refractivity contribution >= 4 is 29.6 Å². The maximum Gasteiger partial charge on any atom is 0.326 e. The van der Waals surface area contributed by atoms with Gasteiger partial charge in [-0.1, -0.05) is 0 Å². The van der Waals surface area contributed by atoms with Gasteiger partial charge in [-0.25, -0.2) is 4.79 Å². The predicted octanol–water partition coefficient (Wildman–Crippen LogP) is -3.75. The summed E-state index contributed by atoms with van der Waals surface area (Å²) in [4.78, 5) is 60.1. The average Bonchev–Trinajstić information content (AvgIpc) is 3.07. The number of nitrogens with zero attached hydrogens (tertiary/aromatic N) is 1. The summed E-state index contributed by atoms with van der Waals surface area (Å²) in [6.45, 7) is 0.759. The predicted molar refractivity (Wildman–Crippen MR) is 90.8 cm³/mol. The van der Waals surface area contributed by atoms with E-state index in [1.165, 1.54) is 6.92 Å². The van der Waals surface area contributed by atoms with Crippen molar-refractivity contribution < 1.29 is 34.2 Å². The highest BCUT2D eigenvalue weighted by atomic mass is 16.4. The van der Waals surface area contributed by atoms with E-state index in [4.69, 9.17) is 11.5 Å². The maximum atomic E-state index is 12.6. The molecule has 152 valence electrons. The van der Waals surface area contributed by atoms with Crippen LogP contribution in [0.15, 0.2) is 0 Å². The summed E-state index contributed by atoms with van der Waals surface area (Å²) in [5.74, 6) is -4.49. The van der Waals surface area contributed by atoms with E-state index in [1.807, 2.05) is 0 Å². The first-order valence-electron chi connectivity index (χ1n) is 8.37. The standard InChI is InChI=1S/C15H25N5O7/c1-7(16)12(23)19-9(6-21)13(24)18-8(5-11(17)22)14(25)20-4-2-3-10(20)15(26)27/h7-10,21H,2-6,16H2,1H3,(H2,17,22)(H,18,24)(H,19,23)(H,26,27). The van der Waals surface area contributed by atoms with Gasteiger partial charge in [0.1, 0.15) is 18.1 Å². The van der Waals surface area contributed by atoms with Gasteiger partial charge in [0.25, 0.3) is 0 Å². The van der Waals surface area contributed by atoms with E-state index in [1.54, 1.807) is 0 Å². The van der Waals surface area contributed by atoms with Crippen molar-refractivity contribution in [3.63, 3.8) is 0 Å². The second-order valence-electron chi connectivity index (χ2n) is 6.29. The minimum Gasteiger partial charge on any atom is -0.480 e. The number of aliphatic carboxylic acids is 1. The summed E-state index contributed by atoms with van der Waals surface area (Å²) in [5, 5.41) is 22.9. The zero-order valence-corrected chi connectivity index (χ0v) is 14.9. The average molecular weight is 387 g/mol. The van der Waals surface area contributed by atoms with Gasteiger partial charge in [0.05, 0.1) is 19.1 Å². The summed E-state index contributed by atoms with van der Waals surface area (Å²) < 4.78 is 0. The first-order chi connectivity index (χ1) is 12.6. The molecule has 1 aliphatic rings. The summed E-state index contributed by atoms with van der Waals surface area (Å²) >= 11 is 0. The highest BCUT2D eigenvalue weighted by Gasteiger charge is 2.38. The van der Waals surface area contributed by atoms with E-state index < -0.39 is 66.8 Å². The van der Waals surface area contributed by atoms with Crippen molar-refractivity contribution in [2.75, 3.05) is 13.2 Å². The van der Waals surface area contributed by atoms with Crippen LogP contribution in [0.4, 0.5) is 0 Å². The van der Waals surface area contributed by atoms with E-state index in [-0.39, 0.29) is 13.0 Å². The van der Waals surface area contributed by atoms with E-state index in [2.05, 4.69) is 10.6 Å². The van der Waals surface area contributed by atoms with Crippen LogP contribution in [0, 0.1) is 0 Å². The van der Waals surface area contributed by atoms with Crippen LogP contribution in [-0.4, -0.2) is 82.0 Å². The Morgan fingerprint density at radius 3 is 2.22 bits per heavy atom.